The predicted molar refractivity (Wildman–Crippen MR) is 54.1 cm³/mol. The van der Waals surface area contributed by atoms with E-state index in [0.29, 0.717) is 25.8 Å². The molecule has 1 N–H and O–H groups in total. The molecular weight excluding hydrogens is 216 g/mol. The fraction of sp³-hybridized carbons (Fsp3) is 0.909. The third-order valence-corrected chi connectivity index (χ3v) is 3.75. The van der Waals surface area contributed by atoms with Crippen LogP contribution in [-0.2, 0) is 4.79 Å². The molecule has 1 saturated heterocycles. The van der Waals surface area contributed by atoms with Crippen molar-refractivity contribution in [3.63, 3.8) is 0 Å². The predicted octanol–water partition coefficient (Wildman–Crippen LogP) is 1.41. The number of hydrogen-bond acceptors (Lipinski definition) is 2. The Bertz CT molecular complexity index is 284. The lowest BCUT2D eigenvalue weighted by Crippen LogP contribution is -2.54. The molecule has 1 aliphatic carbocycles. The third kappa shape index (κ3) is 1.93. The molecule has 16 heavy (non-hydrogen) atoms. The maximum atomic E-state index is 13.2. The molecule has 5 heteroatoms. The first-order valence-electron chi connectivity index (χ1n) is 5.77. The van der Waals surface area contributed by atoms with Crippen molar-refractivity contribution in [2.24, 2.45) is 5.41 Å². The van der Waals surface area contributed by atoms with E-state index in [2.05, 4.69) is 0 Å². The van der Waals surface area contributed by atoms with E-state index in [4.69, 9.17) is 0 Å². The zero-order valence-electron chi connectivity index (χ0n) is 9.22. The Labute approximate surface area is 93.4 Å². The molecule has 1 saturated carbocycles. The molecule has 2 fully saturated rings. The lowest BCUT2D eigenvalue weighted by molar-refractivity contribution is -0.160. The van der Waals surface area contributed by atoms with Crippen LogP contribution in [0.25, 0.3) is 0 Å². The van der Waals surface area contributed by atoms with E-state index in [9.17, 15) is 18.7 Å². The van der Waals surface area contributed by atoms with Crippen LogP contribution in [0.2, 0.25) is 0 Å². The van der Waals surface area contributed by atoms with E-state index in [0.717, 1.165) is 6.42 Å². The van der Waals surface area contributed by atoms with Gasteiger partial charge in [0.2, 0.25) is 5.91 Å². The summed E-state index contributed by atoms with van der Waals surface area (Å²) in [6.07, 6.45) is 2.37. The van der Waals surface area contributed by atoms with Gasteiger partial charge >= 0.3 is 0 Å². The molecule has 92 valence electrons. The van der Waals surface area contributed by atoms with E-state index in [1.165, 1.54) is 4.90 Å². The van der Waals surface area contributed by atoms with E-state index >= 15 is 0 Å². The zero-order valence-corrected chi connectivity index (χ0v) is 9.22. The smallest absolute Gasteiger partial charge is 0.265 e. The average molecular weight is 233 g/mol. The van der Waals surface area contributed by atoms with Gasteiger partial charge in [-0.3, -0.25) is 4.79 Å². The number of carbonyl (C=O) groups excluding carboxylic acids is 1. The number of halogens is 2. The molecule has 0 unspecified atom stereocenters. The Hall–Kier alpha value is -0.710. The van der Waals surface area contributed by atoms with E-state index in [1.807, 2.05) is 0 Å². The van der Waals surface area contributed by atoms with Crippen molar-refractivity contribution < 1.29 is 18.7 Å². The van der Waals surface area contributed by atoms with Gasteiger partial charge in [0.15, 0.2) is 0 Å². The molecule has 1 heterocycles. The molecule has 0 atom stereocenters. The number of nitrogens with zero attached hydrogens (tertiary/aromatic N) is 1. The fourth-order valence-electron chi connectivity index (χ4n) is 2.52. The third-order valence-electron chi connectivity index (χ3n) is 3.75. The highest BCUT2D eigenvalue weighted by Crippen LogP contribution is 2.43. The van der Waals surface area contributed by atoms with Crippen LogP contribution in [0.15, 0.2) is 0 Å². The summed E-state index contributed by atoms with van der Waals surface area (Å²) in [4.78, 5) is 13.3. The molecule has 2 rings (SSSR count). The summed E-state index contributed by atoms with van der Waals surface area (Å²) in [5.41, 5.74) is -0.743. The summed E-state index contributed by atoms with van der Waals surface area (Å²) >= 11 is 0. The Morgan fingerprint density at radius 2 is 1.94 bits per heavy atom. The molecule has 0 aromatic carbocycles. The summed E-state index contributed by atoms with van der Waals surface area (Å²) in [5.74, 6) is -3.03. The normalized spacial score (nSPS) is 27.3. The molecule has 0 spiro atoms. The second-order valence-electron chi connectivity index (χ2n) is 4.98. The number of hydrogen-bond donors (Lipinski definition) is 1. The largest absolute Gasteiger partial charge is 0.395 e. The van der Waals surface area contributed by atoms with Gasteiger partial charge in [-0.2, -0.15) is 0 Å². The summed E-state index contributed by atoms with van der Waals surface area (Å²) in [6, 6.07) is 0. The molecule has 3 nitrogen and oxygen atoms in total. The van der Waals surface area contributed by atoms with Crippen molar-refractivity contribution in [1.82, 2.24) is 4.90 Å². The van der Waals surface area contributed by atoms with Gasteiger partial charge in [0.1, 0.15) is 0 Å². The number of piperidine rings is 1. The van der Waals surface area contributed by atoms with Crippen LogP contribution in [0.1, 0.15) is 32.1 Å². The van der Waals surface area contributed by atoms with Crippen molar-refractivity contribution in [1.29, 1.82) is 0 Å². The lowest BCUT2D eigenvalue weighted by atomic mass is 9.68. The van der Waals surface area contributed by atoms with Gasteiger partial charge in [-0.1, -0.05) is 6.42 Å². The van der Waals surface area contributed by atoms with Gasteiger partial charge in [0.05, 0.1) is 18.6 Å². The second-order valence-corrected chi connectivity index (χ2v) is 4.98. The van der Waals surface area contributed by atoms with Gasteiger partial charge in [-0.05, 0) is 19.3 Å². The number of amides is 1. The van der Waals surface area contributed by atoms with Crippen molar-refractivity contribution in [3.8, 4) is 0 Å². The maximum absolute atomic E-state index is 13.2. The summed E-state index contributed by atoms with van der Waals surface area (Å²) in [6.45, 7) is -0.294. The van der Waals surface area contributed by atoms with Gasteiger partial charge < -0.3 is 10.0 Å². The van der Waals surface area contributed by atoms with Crippen LogP contribution in [0.3, 0.4) is 0 Å². The monoisotopic (exact) mass is 233 g/mol. The number of aliphatic hydroxyl groups excluding tert-OH is 1. The SMILES string of the molecule is O=C(N1CCCC(F)(F)C1)C1(CO)CCC1. The van der Waals surface area contributed by atoms with Gasteiger partial charge in [-0.15, -0.1) is 0 Å². The number of rotatable bonds is 2. The first kappa shape index (κ1) is 11.8. The van der Waals surface area contributed by atoms with E-state index in [1.54, 1.807) is 0 Å². The average Bonchev–Trinajstić information content (AvgIpc) is 2.15. The quantitative estimate of drug-likeness (QED) is 0.783. The first-order valence-corrected chi connectivity index (χ1v) is 5.77. The summed E-state index contributed by atoms with van der Waals surface area (Å²) < 4.78 is 26.3. The molecule has 1 amide bonds. The minimum absolute atomic E-state index is 0.136. The van der Waals surface area contributed by atoms with Crippen LogP contribution in [0.5, 0.6) is 0 Å². The summed E-state index contributed by atoms with van der Waals surface area (Å²) in [7, 11) is 0. The number of alkyl halides is 2. The van der Waals surface area contributed by atoms with Crippen LogP contribution in [0.4, 0.5) is 8.78 Å². The van der Waals surface area contributed by atoms with Crippen LogP contribution >= 0.6 is 0 Å². The zero-order chi connectivity index (χ0) is 11.8. The highest BCUT2D eigenvalue weighted by molar-refractivity contribution is 5.84. The molecule has 2 aliphatic rings. The molecule has 0 radical (unpaired) electrons. The number of carbonyl (C=O) groups is 1. The molecule has 0 bridgehead atoms. The van der Waals surface area contributed by atoms with E-state index in [-0.39, 0.29) is 18.9 Å². The Morgan fingerprint density at radius 3 is 2.38 bits per heavy atom. The molecule has 0 aromatic heterocycles. The first-order chi connectivity index (χ1) is 7.49. The Balaban J connectivity index is 2.04. The molecular formula is C11H17F2NO2. The van der Waals surface area contributed by atoms with Crippen molar-refractivity contribution >= 4 is 5.91 Å². The van der Waals surface area contributed by atoms with Gasteiger partial charge in [0.25, 0.3) is 5.92 Å². The van der Waals surface area contributed by atoms with Crippen molar-refractivity contribution in [2.75, 3.05) is 19.7 Å². The minimum Gasteiger partial charge on any atom is -0.395 e. The highest BCUT2D eigenvalue weighted by atomic mass is 19.3. The van der Waals surface area contributed by atoms with Gasteiger partial charge in [0, 0.05) is 13.0 Å². The number of aliphatic hydroxyl groups is 1. The Kier molecular flexibility index (Phi) is 2.90. The van der Waals surface area contributed by atoms with E-state index < -0.39 is 17.9 Å². The second kappa shape index (κ2) is 3.95. The fourth-order valence-corrected chi connectivity index (χ4v) is 2.52. The van der Waals surface area contributed by atoms with Gasteiger partial charge in [-0.25, -0.2) is 8.78 Å². The van der Waals surface area contributed by atoms with Crippen molar-refractivity contribution in [3.05, 3.63) is 0 Å². The Morgan fingerprint density at radius 1 is 1.25 bits per heavy atom. The van der Waals surface area contributed by atoms with Crippen LogP contribution < -0.4 is 0 Å². The highest BCUT2D eigenvalue weighted by Gasteiger charge is 2.48. The lowest BCUT2D eigenvalue weighted by Gasteiger charge is -2.44. The molecule has 0 aromatic rings. The van der Waals surface area contributed by atoms with Crippen LogP contribution in [0, 0.1) is 5.41 Å². The summed E-state index contributed by atoms with van der Waals surface area (Å²) in [5, 5.41) is 9.23. The standard InChI is InChI=1S/C11H17F2NO2/c12-11(13)5-2-6-14(7-11)9(16)10(8-15)3-1-4-10/h15H,1-8H2. The maximum Gasteiger partial charge on any atom is 0.265 e. The molecule has 1 aliphatic heterocycles. The topological polar surface area (TPSA) is 40.5 Å². The van der Waals surface area contributed by atoms with Crippen molar-refractivity contribution in [2.45, 2.75) is 38.0 Å². The van der Waals surface area contributed by atoms with Crippen LogP contribution in [-0.4, -0.2) is 41.5 Å². The minimum atomic E-state index is -2.76. The number of likely N-dealkylation sites (tertiary alicyclic amines) is 1.